The molecule has 140 valence electrons. The smallest absolute Gasteiger partial charge is 0.318 e. The monoisotopic (exact) mass is 414 g/mol. The van der Waals surface area contributed by atoms with Crippen LogP contribution in [0.3, 0.4) is 0 Å². The van der Waals surface area contributed by atoms with Gasteiger partial charge in [-0.05, 0) is 43.3 Å². The van der Waals surface area contributed by atoms with Crippen LogP contribution < -0.4 is 5.32 Å². The molecule has 0 radical (unpaired) electrons. The van der Waals surface area contributed by atoms with E-state index in [1.807, 2.05) is 0 Å². The third kappa shape index (κ3) is 4.23. The van der Waals surface area contributed by atoms with E-state index in [1.54, 1.807) is 6.07 Å². The molecule has 0 fully saturated rings. The van der Waals surface area contributed by atoms with Gasteiger partial charge < -0.3 is 5.32 Å². The average Bonchev–Trinajstić information content (AvgIpc) is 2.99. The van der Waals surface area contributed by atoms with Crippen molar-refractivity contribution in [1.82, 2.24) is 14.8 Å². The SMILES string of the molecule is Cc1nc(C(=O)Nc2ccc(Cl)cc2Cl)nn1-c1cccc(C(F)(F)F)c1. The summed E-state index contributed by atoms with van der Waals surface area (Å²) in [5.74, 6) is -0.620. The van der Waals surface area contributed by atoms with Gasteiger partial charge in [-0.2, -0.15) is 13.2 Å². The number of rotatable bonds is 3. The van der Waals surface area contributed by atoms with Gasteiger partial charge in [0.2, 0.25) is 5.82 Å². The molecular weight excluding hydrogens is 404 g/mol. The summed E-state index contributed by atoms with van der Waals surface area (Å²) in [7, 11) is 0. The Bertz CT molecular complexity index is 1020. The molecule has 3 aromatic rings. The van der Waals surface area contributed by atoms with Crippen LogP contribution in [0.25, 0.3) is 5.69 Å². The number of hydrogen-bond acceptors (Lipinski definition) is 3. The van der Waals surface area contributed by atoms with Crippen LogP contribution in [0.4, 0.5) is 18.9 Å². The molecule has 0 aliphatic carbocycles. The summed E-state index contributed by atoms with van der Waals surface area (Å²) in [5, 5.41) is 7.17. The van der Waals surface area contributed by atoms with Gasteiger partial charge in [0.1, 0.15) is 5.82 Å². The molecule has 0 saturated heterocycles. The van der Waals surface area contributed by atoms with Crippen LogP contribution in [0.1, 0.15) is 22.0 Å². The number of nitrogens with zero attached hydrogens (tertiary/aromatic N) is 3. The maximum Gasteiger partial charge on any atom is 0.416 e. The second-order valence-electron chi connectivity index (χ2n) is 5.52. The first-order chi connectivity index (χ1) is 12.6. The van der Waals surface area contributed by atoms with Crippen LogP contribution in [0, 0.1) is 6.92 Å². The number of anilines is 1. The molecule has 2 aromatic carbocycles. The molecule has 10 heteroatoms. The van der Waals surface area contributed by atoms with Crippen LogP contribution in [0.2, 0.25) is 10.0 Å². The standard InChI is InChI=1S/C17H11Cl2F3N4O/c1-9-23-15(16(27)24-14-6-5-11(18)8-13(14)19)25-26(9)12-4-2-3-10(7-12)17(20,21)22/h2-8H,1H3,(H,24,27). The third-order valence-electron chi connectivity index (χ3n) is 3.57. The lowest BCUT2D eigenvalue weighted by molar-refractivity contribution is -0.137. The normalized spacial score (nSPS) is 11.5. The number of aromatic nitrogens is 3. The summed E-state index contributed by atoms with van der Waals surface area (Å²) in [6.45, 7) is 1.53. The minimum Gasteiger partial charge on any atom is -0.318 e. The fourth-order valence-electron chi connectivity index (χ4n) is 2.31. The van der Waals surface area contributed by atoms with E-state index in [1.165, 1.54) is 31.2 Å². The van der Waals surface area contributed by atoms with E-state index in [2.05, 4.69) is 15.4 Å². The lowest BCUT2D eigenvalue weighted by Gasteiger charge is -2.09. The zero-order valence-electron chi connectivity index (χ0n) is 13.7. The summed E-state index contributed by atoms with van der Waals surface area (Å²) < 4.78 is 39.8. The molecule has 0 spiro atoms. The topological polar surface area (TPSA) is 59.8 Å². The molecule has 0 saturated carbocycles. The number of hydrogen-bond donors (Lipinski definition) is 1. The van der Waals surface area contributed by atoms with Gasteiger partial charge in [-0.15, -0.1) is 5.10 Å². The Balaban J connectivity index is 1.89. The van der Waals surface area contributed by atoms with Gasteiger partial charge in [0.05, 0.1) is 22.0 Å². The van der Waals surface area contributed by atoms with Crippen molar-refractivity contribution in [2.45, 2.75) is 13.1 Å². The van der Waals surface area contributed by atoms with E-state index in [9.17, 15) is 18.0 Å². The Morgan fingerprint density at radius 1 is 1.15 bits per heavy atom. The van der Waals surface area contributed by atoms with Crippen molar-refractivity contribution >= 4 is 34.8 Å². The molecule has 0 aliphatic heterocycles. The number of amides is 1. The first kappa shape index (κ1) is 19.2. The van der Waals surface area contributed by atoms with E-state index < -0.39 is 17.6 Å². The fourth-order valence-corrected chi connectivity index (χ4v) is 2.77. The molecule has 1 aromatic heterocycles. The van der Waals surface area contributed by atoms with E-state index in [-0.39, 0.29) is 22.4 Å². The number of benzene rings is 2. The molecular formula is C17H11Cl2F3N4O. The molecule has 0 aliphatic rings. The fraction of sp³-hybridized carbons (Fsp3) is 0.118. The predicted molar refractivity (Wildman–Crippen MR) is 95.5 cm³/mol. The second kappa shape index (κ2) is 7.21. The van der Waals surface area contributed by atoms with Gasteiger partial charge in [-0.1, -0.05) is 29.3 Å². The first-order valence-corrected chi connectivity index (χ1v) is 8.28. The van der Waals surface area contributed by atoms with Crippen molar-refractivity contribution in [1.29, 1.82) is 0 Å². The molecule has 1 N–H and O–H groups in total. The average molecular weight is 415 g/mol. The zero-order chi connectivity index (χ0) is 19.8. The van der Waals surface area contributed by atoms with Crippen LogP contribution >= 0.6 is 23.2 Å². The number of carbonyl (C=O) groups is 1. The highest BCUT2D eigenvalue weighted by Gasteiger charge is 2.30. The van der Waals surface area contributed by atoms with Crippen molar-refractivity contribution in [2.75, 3.05) is 5.32 Å². The Labute approximate surface area is 161 Å². The number of carbonyl (C=O) groups excluding carboxylic acids is 1. The summed E-state index contributed by atoms with van der Waals surface area (Å²) in [4.78, 5) is 16.4. The summed E-state index contributed by atoms with van der Waals surface area (Å²) in [6, 6.07) is 9.09. The number of halogens is 5. The predicted octanol–water partition coefficient (Wildman–Crippen LogP) is 5.15. The maximum absolute atomic E-state index is 12.9. The molecule has 3 rings (SSSR count). The number of nitrogens with one attached hydrogen (secondary N) is 1. The second-order valence-corrected chi connectivity index (χ2v) is 6.36. The van der Waals surface area contributed by atoms with Crippen molar-refractivity contribution in [3.8, 4) is 5.69 Å². The minimum atomic E-state index is -4.49. The highest BCUT2D eigenvalue weighted by Crippen LogP contribution is 2.30. The highest BCUT2D eigenvalue weighted by molar-refractivity contribution is 6.36. The van der Waals surface area contributed by atoms with Crippen molar-refractivity contribution in [3.05, 3.63) is 69.7 Å². The van der Waals surface area contributed by atoms with Crippen LogP contribution in [-0.4, -0.2) is 20.7 Å². The Hall–Kier alpha value is -2.58. The Kier molecular flexibility index (Phi) is 5.12. The molecule has 0 atom stereocenters. The van der Waals surface area contributed by atoms with Crippen LogP contribution in [0.15, 0.2) is 42.5 Å². The van der Waals surface area contributed by atoms with Crippen LogP contribution in [0.5, 0.6) is 0 Å². The number of alkyl halides is 3. The Morgan fingerprint density at radius 3 is 2.56 bits per heavy atom. The molecule has 0 unspecified atom stereocenters. The van der Waals surface area contributed by atoms with Crippen LogP contribution in [-0.2, 0) is 6.18 Å². The molecule has 1 heterocycles. The van der Waals surface area contributed by atoms with Gasteiger partial charge in [-0.3, -0.25) is 4.79 Å². The summed E-state index contributed by atoms with van der Waals surface area (Å²) in [5.41, 5.74) is -0.383. The highest BCUT2D eigenvalue weighted by atomic mass is 35.5. The quantitative estimate of drug-likeness (QED) is 0.644. The van der Waals surface area contributed by atoms with E-state index in [0.717, 1.165) is 16.8 Å². The molecule has 0 bridgehead atoms. The van der Waals surface area contributed by atoms with Crippen molar-refractivity contribution in [2.24, 2.45) is 0 Å². The van der Waals surface area contributed by atoms with Gasteiger partial charge in [0.15, 0.2) is 0 Å². The first-order valence-electron chi connectivity index (χ1n) is 7.53. The summed E-state index contributed by atoms with van der Waals surface area (Å²) in [6.07, 6.45) is -4.49. The Morgan fingerprint density at radius 2 is 1.89 bits per heavy atom. The van der Waals surface area contributed by atoms with Gasteiger partial charge >= 0.3 is 6.18 Å². The molecule has 5 nitrogen and oxygen atoms in total. The summed E-state index contributed by atoms with van der Waals surface area (Å²) >= 11 is 11.8. The van der Waals surface area contributed by atoms with Crippen molar-refractivity contribution in [3.63, 3.8) is 0 Å². The third-order valence-corrected chi connectivity index (χ3v) is 4.12. The maximum atomic E-state index is 12.9. The minimum absolute atomic E-state index is 0.137. The van der Waals surface area contributed by atoms with E-state index in [0.29, 0.717) is 10.7 Å². The lowest BCUT2D eigenvalue weighted by Crippen LogP contribution is -2.14. The number of aryl methyl sites for hydroxylation is 1. The molecule has 27 heavy (non-hydrogen) atoms. The molecule has 1 amide bonds. The van der Waals surface area contributed by atoms with E-state index >= 15 is 0 Å². The van der Waals surface area contributed by atoms with E-state index in [4.69, 9.17) is 23.2 Å². The van der Waals surface area contributed by atoms with Gasteiger partial charge in [0, 0.05) is 5.02 Å². The zero-order valence-corrected chi connectivity index (χ0v) is 15.2. The van der Waals surface area contributed by atoms with Gasteiger partial charge in [-0.25, -0.2) is 9.67 Å². The van der Waals surface area contributed by atoms with Gasteiger partial charge in [0.25, 0.3) is 5.91 Å². The van der Waals surface area contributed by atoms with Crippen molar-refractivity contribution < 1.29 is 18.0 Å². The largest absolute Gasteiger partial charge is 0.416 e. The lowest BCUT2D eigenvalue weighted by atomic mass is 10.2.